The lowest BCUT2D eigenvalue weighted by Gasteiger charge is -2.25. The molecule has 2 aromatic heterocycles. The number of allylic oxidation sites excluding steroid dienone is 1. The van der Waals surface area contributed by atoms with Crippen molar-refractivity contribution in [3.05, 3.63) is 82.6 Å². The summed E-state index contributed by atoms with van der Waals surface area (Å²) in [6.45, 7) is 0.314. The van der Waals surface area contributed by atoms with Crippen LogP contribution in [0.25, 0.3) is 5.70 Å². The molecule has 0 amide bonds. The highest BCUT2D eigenvalue weighted by molar-refractivity contribution is 7.10. The Hall–Kier alpha value is -2.93. The topological polar surface area (TPSA) is 54.3 Å². The molecule has 0 saturated heterocycles. The maximum absolute atomic E-state index is 14.1. The molecule has 5 nitrogen and oxygen atoms in total. The van der Waals surface area contributed by atoms with Crippen molar-refractivity contribution in [2.75, 3.05) is 0 Å². The van der Waals surface area contributed by atoms with E-state index in [1.165, 1.54) is 17.4 Å². The van der Waals surface area contributed by atoms with E-state index in [1.54, 1.807) is 41.8 Å². The normalized spacial score (nSPS) is 14.2. The molecule has 0 saturated carbocycles. The van der Waals surface area contributed by atoms with Crippen molar-refractivity contribution in [1.82, 2.24) is 20.0 Å². The molecular formula is C18H14FN5S. The number of hydrogen-bond donors (Lipinski definition) is 0. The van der Waals surface area contributed by atoms with Crippen LogP contribution in [0.2, 0.25) is 0 Å². The van der Waals surface area contributed by atoms with E-state index in [-0.39, 0.29) is 5.82 Å². The minimum absolute atomic E-state index is 0.251. The highest BCUT2D eigenvalue weighted by Crippen LogP contribution is 2.28. The third-order valence-electron chi connectivity index (χ3n) is 3.76. The molecule has 0 aliphatic carbocycles. The van der Waals surface area contributed by atoms with Crippen molar-refractivity contribution >= 4 is 22.7 Å². The number of halogens is 1. The first-order valence-corrected chi connectivity index (χ1v) is 8.65. The van der Waals surface area contributed by atoms with Crippen molar-refractivity contribution in [3.63, 3.8) is 0 Å². The summed E-state index contributed by atoms with van der Waals surface area (Å²) >= 11 is 1.53. The van der Waals surface area contributed by atoms with Gasteiger partial charge in [0, 0.05) is 36.0 Å². The van der Waals surface area contributed by atoms with Crippen molar-refractivity contribution in [2.24, 2.45) is 5.10 Å². The molecule has 4 rings (SSSR count). The Balaban J connectivity index is 1.70. The monoisotopic (exact) mass is 351 g/mol. The Labute approximate surface area is 148 Å². The fourth-order valence-electron chi connectivity index (χ4n) is 2.58. The van der Waals surface area contributed by atoms with Crippen LogP contribution in [-0.2, 0) is 6.54 Å². The molecule has 7 heteroatoms. The van der Waals surface area contributed by atoms with Crippen LogP contribution >= 0.6 is 11.3 Å². The third kappa shape index (κ3) is 3.32. The molecule has 124 valence electrons. The SMILES string of the molecule is Fc1ccccc1CN1N=C(c2ncccn2)CC=C1c1nccs1. The Morgan fingerprint density at radius 2 is 1.88 bits per heavy atom. The molecule has 1 aliphatic rings. The maximum atomic E-state index is 14.1. The number of nitrogens with zero attached hydrogens (tertiary/aromatic N) is 5. The fraction of sp³-hybridized carbons (Fsp3) is 0.111. The quantitative estimate of drug-likeness (QED) is 0.719. The van der Waals surface area contributed by atoms with Gasteiger partial charge in [-0.1, -0.05) is 18.2 Å². The molecule has 0 N–H and O–H groups in total. The zero-order valence-corrected chi connectivity index (χ0v) is 14.0. The van der Waals surface area contributed by atoms with Crippen LogP contribution in [0.5, 0.6) is 0 Å². The van der Waals surface area contributed by atoms with Crippen LogP contribution in [0.3, 0.4) is 0 Å². The van der Waals surface area contributed by atoms with Crippen LogP contribution in [0, 0.1) is 5.82 Å². The molecule has 0 radical (unpaired) electrons. The van der Waals surface area contributed by atoms with Crippen LogP contribution in [0.15, 0.2) is 65.5 Å². The number of hydrazone groups is 1. The summed E-state index contributed by atoms with van der Waals surface area (Å²) in [6.07, 6.45) is 7.77. The summed E-state index contributed by atoms with van der Waals surface area (Å²) in [5.41, 5.74) is 2.19. The van der Waals surface area contributed by atoms with Crippen molar-refractivity contribution in [1.29, 1.82) is 0 Å². The second-order valence-electron chi connectivity index (χ2n) is 5.40. The molecule has 0 unspecified atom stereocenters. The minimum Gasteiger partial charge on any atom is -0.258 e. The molecule has 0 spiro atoms. The van der Waals surface area contributed by atoms with E-state index in [0.717, 1.165) is 16.4 Å². The Morgan fingerprint density at radius 1 is 1.04 bits per heavy atom. The number of hydrogen-bond acceptors (Lipinski definition) is 6. The van der Waals surface area contributed by atoms with Gasteiger partial charge in [0.05, 0.1) is 12.2 Å². The Bertz CT molecular complexity index is 922. The molecular weight excluding hydrogens is 337 g/mol. The van der Waals surface area contributed by atoms with Gasteiger partial charge in [0.25, 0.3) is 0 Å². The van der Waals surface area contributed by atoms with Gasteiger partial charge >= 0.3 is 0 Å². The van der Waals surface area contributed by atoms with Gasteiger partial charge < -0.3 is 0 Å². The molecule has 3 heterocycles. The highest BCUT2D eigenvalue weighted by Gasteiger charge is 2.22. The fourth-order valence-corrected chi connectivity index (χ4v) is 3.26. The van der Waals surface area contributed by atoms with Crippen molar-refractivity contribution in [2.45, 2.75) is 13.0 Å². The summed E-state index contributed by atoms with van der Waals surface area (Å²) in [7, 11) is 0. The number of rotatable bonds is 4. The van der Waals surface area contributed by atoms with Gasteiger partial charge in [0.15, 0.2) is 5.82 Å². The van der Waals surface area contributed by atoms with Crippen LogP contribution < -0.4 is 0 Å². The van der Waals surface area contributed by atoms with Gasteiger partial charge in [-0.2, -0.15) is 5.10 Å². The molecule has 3 aromatic rings. The van der Waals surface area contributed by atoms with Crippen LogP contribution in [0.4, 0.5) is 4.39 Å². The zero-order chi connectivity index (χ0) is 17.1. The summed E-state index contributed by atoms with van der Waals surface area (Å²) in [5.74, 6) is 0.328. The van der Waals surface area contributed by atoms with Gasteiger partial charge in [0.1, 0.15) is 16.5 Å². The molecule has 0 fully saturated rings. The van der Waals surface area contributed by atoms with Crippen LogP contribution in [-0.4, -0.2) is 25.7 Å². The molecule has 0 bridgehead atoms. The van der Waals surface area contributed by atoms with E-state index in [1.807, 2.05) is 17.5 Å². The summed E-state index contributed by atoms with van der Waals surface area (Å²) in [6, 6.07) is 8.48. The molecule has 0 atom stereocenters. The van der Waals surface area contributed by atoms with Gasteiger partial charge in [-0.25, -0.2) is 19.3 Å². The summed E-state index contributed by atoms with van der Waals surface area (Å²) < 4.78 is 14.1. The lowest BCUT2D eigenvalue weighted by atomic mass is 10.1. The van der Waals surface area contributed by atoms with Crippen LogP contribution in [0.1, 0.15) is 22.8 Å². The standard InChI is InChI=1S/C18H14FN5S/c19-14-5-2-1-4-13(14)12-24-16(18-22-10-11-25-18)7-6-15(23-24)17-20-8-3-9-21-17/h1-5,7-11H,6,12H2. The third-order valence-corrected chi connectivity index (χ3v) is 4.56. The Morgan fingerprint density at radius 3 is 2.64 bits per heavy atom. The van der Waals surface area contributed by atoms with Gasteiger partial charge in [0.2, 0.25) is 0 Å². The first-order valence-electron chi connectivity index (χ1n) is 7.77. The highest BCUT2D eigenvalue weighted by atomic mass is 32.1. The zero-order valence-electron chi connectivity index (χ0n) is 13.2. The largest absolute Gasteiger partial charge is 0.258 e. The second-order valence-corrected chi connectivity index (χ2v) is 6.29. The predicted octanol–water partition coefficient (Wildman–Crippen LogP) is 3.72. The van der Waals surface area contributed by atoms with E-state index >= 15 is 0 Å². The van der Waals surface area contributed by atoms with E-state index in [0.29, 0.717) is 24.4 Å². The number of thiazole rings is 1. The predicted molar refractivity (Wildman–Crippen MR) is 95.2 cm³/mol. The van der Waals surface area contributed by atoms with E-state index in [9.17, 15) is 4.39 Å². The van der Waals surface area contributed by atoms with Gasteiger partial charge in [-0.3, -0.25) is 5.01 Å². The number of benzene rings is 1. The van der Waals surface area contributed by atoms with Gasteiger partial charge in [-0.15, -0.1) is 11.3 Å². The average Bonchev–Trinajstić information content (AvgIpc) is 3.19. The minimum atomic E-state index is -0.251. The van der Waals surface area contributed by atoms with E-state index in [2.05, 4.69) is 20.1 Å². The molecule has 1 aromatic carbocycles. The first kappa shape index (κ1) is 15.6. The Kier molecular flexibility index (Phi) is 4.30. The molecule has 25 heavy (non-hydrogen) atoms. The lowest BCUT2D eigenvalue weighted by Crippen LogP contribution is -2.23. The van der Waals surface area contributed by atoms with E-state index < -0.39 is 0 Å². The van der Waals surface area contributed by atoms with Gasteiger partial charge in [-0.05, 0) is 18.2 Å². The average molecular weight is 351 g/mol. The first-order chi connectivity index (χ1) is 12.3. The van der Waals surface area contributed by atoms with E-state index in [4.69, 9.17) is 0 Å². The lowest BCUT2D eigenvalue weighted by molar-refractivity contribution is 0.399. The number of aromatic nitrogens is 3. The molecule has 1 aliphatic heterocycles. The summed E-state index contributed by atoms with van der Waals surface area (Å²) in [5, 5.41) is 9.22. The maximum Gasteiger partial charge on any atom is 0.175 e. The van der Waals surface area contributed by atoms with Crippen molar-refractivity contribution in [3.8, 4) is 0 Å². The summed E-state index contributed by atoms with van der Waals surface area (Å²) in [4.78, 5) is 12.9. The smallest absolute Gasteiger partial charge is 0.175 e. The van der Waals surface area contributed by atoms with Crippen molar-refractivity contribution < 1.29 is 4.39 Å². The second kappa shape index (κ2) is 6.90.